The Bertz CT molecular complexity index is 543. The Morgan fingerprint density at radius 3 is 2.77 bits per heavy atom. The number of carboxylic acid groups (broad SMARTS) is 1. The zero-order valence-electron chi connectivity index (χ0n) is 13.1. The third-order valence-electron chi connectivity index (χ3n) is 3.96. The van der Waals surface area contributed by atoms with E-state index in [4.69, 9.17) is 4.74 Å². The van der Waals surface area contributed by atoms with Crippen LogP contribution in [0, 0.1) is 5.92 Å². The van der Waals surface area contributed by atoms with E-state index in [9.17, 15) is 14.7 Å². The SMILES string of the molecule is COC1CC(C(=O)O)CN(C(=O)Cc2nncn2C(C)C)C1. The molecule has 8 heteroatoms. The zero-order chi connectivity index (χ0) is 16.3. The average molecular weight is 310 g/mol. The van der Waals surface area contributed by atoms with Crippen LogP contribution in [0.2, 0.25) is 0 Å². The van der Waals surface area contributed by atoms with Gasteiger partial charge in [-0.3, -0.25) is 9.59 Å². The van der Waals surface area contributed by atoms with Gasteiger partial charge in [-0.1, -0.05) is 0 Å². The summed E-state index contributed by atoms with van der Waals surface area (Å²) in [6.45, 7) is 4.60. The van der Waals surface area contributed by atoms with Crippen molar-refractivity contribution in [1.29, 1.82) is 0 Å². The van der Waals surface area contributed by atoms with E-state index in [0.29, 0.717) is 18.8 Å². The van der Waals surface area contributed by atoms with Crippen LogP contribution < -0.4 is 0 Å². The molecule has 0 bridgehead atoms. The minimum atomic E-state index is -0.898. The predicted molar refractivity (Wildman–Crippen MR) is 77.2 cm³/mol. The van der Waals surface area contributed by atoms with Crippen LogP contribution in [-0.4, -0.2) is 63.0 Å². The summed E-state index contributed by atoms with van der Waals surface area (Å²) in [5, 5.41) is 17.0. The Balaban J connectivity index is 2.07. The second-order valence-electron chi connectivity index (χ2n) is 5.85. The Morgan fingerprint density at radius 2 is 2.18 bits per heavy atom. The number of likely N-dealkylation sites (tertiary alicyclic amines) is 1. The summed E-state index contributed by atoms with van der Waals surface area (Å²) in [6.07, 6.45) is 1.89. The minimum absolute atomic E-state index is 0.112. The van der Waals surface area contributed by atoms with Gasteiger partial charge in [0.2, 0.25) is 5.91 Å². The van der Waals surface area contributed by atoms with E-state index in [0.717, 1.165) is 0 Å². The maximum absolute atomic E-state index is 12.5. The van der Waals surface area contributed by atoms with Crippen LogP contribution >= 0.6 is 0 Å². The summed E-state index contributed by atoms with van der Waals surface area (Å²) in [4.78, 5) is 25.2. The Labute approximate surface area is 129 Å². The van der Waals surface area contributed by atoms with Crippen LogP contribution in [0.15, 0.2) is 6.33 Å². The van der Waals surface area contributed by atoms with Crippen LogP contribution in [-0.2, 0) is 20.7 Å². The number of rotatable bonds is 5. The van der Waals surface area contributed by atoms with E-state index >= 15 is 0 Å². The molecule has 22 heavy (non-hydrogen) atoms. The van der Waals surface area contributed by atoms with Gasteiger partial charge in [0.25, 0.3) is 0 Å². The molecule has 122 valence electrons. The van der Waals surface area contributed by atoms with Gasteiger partial charge in [0.1, 0.15) is 12.2 Å². The van der Waals surface area contributed by atoms with Crippen molar-refractivity contribution in [1.82, 2.24) is 19.7 Å². The molecule has 1 aromatic rings. The summed E-state index contributed by atoms with van der Waals surface area (Å²) in [5.41, 5.74) is 0. The van der Waals surface area contributed by atoms with Gasteiger partial charge in [-0.25, -0.2) is 0 Å². The number of aromatic nitrogens is 3. The molecular formula is C14H22N4O4. The lowest BCUT2D eigenvalue weighted by Gasteiger charge is -2.35. The number of carbonyl (C=O) groups is 2. The van der Waals surface area contributed by atoms with E-state index in [-0.39, 0.29) is 31.0 Å². The van der Waals surface area contributed by atoms with E-state index < -0.39 is 11.9 Å². The standard InChI is InChI=1S/C14H22N4O4/c1-9(2)18-8-15-16-12(18)5-13(19)17-6-10(14(20)21)4-11(7-17)22-3/h8-11H,4-7H2,1-3H3,(H,20,21). The van der Waals surface area contributed by atoms with Crippen molar-refractivity contribution in [3.63, 3.8) is 0 Å². The summed E-state index contributed by atoms with van der Waals surface area (Å²) in [6, 6.07) is 0.164. The number of hydrogen-bond acceptors (Lipinski definition) is 5. The van der Waals surface area contributed by atoms with Crippen molar-refractivity contribution >= 4 is 11.9 Å². The Hall–Kier alpha value is -1.96. The summed E-state index contributed by atoms with van der Waals surface area (Å²) in [7, 11) is 1.53. The summed E-state index contributed by atoms with van der Waals surface area (Å²) in [5.74, 6) is -1.05. The molecule has 2 heterocycles. The lowest BCUT2D eigenvalue weighted by molar-refractivity contribution is -0.149. The zero-order valence-corrected chi connectivity index (χ0v) is 13.1. The fourth-order valence-corrected chi connectivity index (χ4v) is 2.68. The number of hydrogen-bond donors (Lipinski definition) is 1. The van der Waals surface area contributed by atoms with Gasteiger partial charge in [-0.15, -0.1) is 10.2 Å². The van der Waals surface area contributed by atoms with Crippen LogP contribution in [0.1, 0.15) is 32.1 Å². The molecule has 0 aliphatic carbocycles. The van der Waals surface area contributed by atoms with Gasteiger partial charge in [-0.05, 0) is 20.3 Å². The van der Waals surface area contributed by atoms with Gasteiger partial charge < -0.3 is 19.3 Å². The van der Waals surface area contributed by atoms with Gasteiger partial charge >= 0.3 is 5.97 Å². The molecule has 1 aliphatic heterocycles. The molecule has 8 nitrogen and oxygen atoms in total. The van der Waals surface area contributed by atoms with Crippen molar-refractivity contribution < 1.29 is 19.4 Å². The third-order valence-corrected chi connectivity index (χ3v) is 3.96. The highest BCUT2D eigenvalue weighted by Gasteiger charge is 2.34. The topological polar surface area (TPSA) is 97.6 Å². The van der Waals surface area contributed by atoms with Gasteiger partial charge in [0.05, 0.1) is 18.4 Å². The van der Waals surface area contributed by atoms with E-state index in [1.807, 2.05) is 18.4 Å². The molecule has 1 saturated heterocycles. The number of methoxy groups -OCH3 is 1. The van der Waals surface area contributed by atoms with Crippen LogP contribution in [0.4, 0.5) is 0 Å². The minimum Gasteiger partial charge on any atom is -0.481 e. The fraction of sp³-hybridized carbons (Fsp3) is 0.714. The first-order valence-corrected chi connectivity index (χ1v) is 7.34. The highest BCUT2D eigenvalue weighted by Crippen LogP contribution is 2.20. The average Bonchev–Trinajstić information content (AvgIpc) is 2.94. The molecule has 0 saturated carbocycles. The smallest absolute Gasteiger partial charge is 0.308 e. The lowest BCUT2D eigenvalue weighted by atomic mass is 9.95. The molecule has 2 unspecified atom stereocenters. The predicted octanol–water partition coefficient (Wildman–Crippen LogP) is 0.350. The third kappa shape index (κ3) is 3.62. The van der Waals surface area contributed by atoms with Crippen LogP contribution in [0.25, 0.3) is 0 Å². The maximum Gasteiger partial charge on any atom is 0.308 e. The van der Waals surface area contributed by atoms with Crippen molar-refractivity contribution in [3.8, 4) is 0 Å². The molecule has 1 amide bonds. The Kier molecular flexibility index (Phi) is 5.12. The number of carboxylic acids is 1. The first-order valence-electron chi connectivity index (χ1n) is 7.34. The highest BCUT2D eigenvalue weighted by molar-refractivity contribution is 5.79. The molecule has 1 aliphatic rings. The number of piperidine rings is 1. The van der Waals surface area contributed by atoms with E-state index in [1.54, 1.807) is 11.2 Å². The van der Waals surface area contributed by atoms with Crippen molar-refractivity contribution in [2.75, 3.05) is 20.2 Å². The maximum atomic E-state index is 12.5. The number of ether oxygens (including phenoxy) is 1. The molecule has 1 aromatic heterocycles. The summed E-state index contributed by atoms with van der Waals surface area (Å²) < 4.78 is 7.10. The lowest BCUT2D eigenvalue weighted by Crippen LogP contribution is -2.49. The fourth-order valence-electron chi connectivity index (χ4n) is 2.68. The first-order chi connectivity index (χ1) is 10.4. The van der Waals surface area contributed by atoms with E-state index in [1.165, 1.54) is 7.11 Å². The van der Waals surface area contributed by atoms with E-state index in [2.05, 4.69) is 10.2 Å². The largest absolute Gasteiger partial charge is 0.481 e. The normalized spacial score (nSPS) is 22.1. The summed E-state index contributed by atoms with van der Waals surface area (Å²) >= 11 is 0. The highest BCUT2D eigenvalue weighted by atomic mass is 16.5. The molecule has 1 N–H and O–H groups in total. The first kappa shape index (κ1) is 16.4. The molecule has 1 fully saturated rings. The van der Waals surface area contributed by atoms with Crippen molar-refractivity contribution in [2.45, 2.75) is 38.8 Å². The second-order valence-corrected chi connectivity index (χ2v) is 5.85. The number of aliphatic carboxylic acids is 1. The molecule has 2 atom stereocenters. The van der Waals surface area contributed by atoms with Crippen LogP contribution in [0.3, 0.4) is 0 Å². The monoisotopic (exact) mass is 310 g/mol. The van der Waals surface area contributed by atoms with Gasteiger partial charge in [-0.2, -0.15) is 0 Å². The number of nitrogens with zero attached hydrogens (tertiary/aromatic N) is 4. The molecule has 0 radical (unpaired) electrons. The second kappa shape index (κ2) is 6.87. The number of carbonyl (C=O) groups excluding carboxylic acids is 1. The quantitative estimate of drug-likeness (QED) is 0.843. The van der Waals surface area contributed by atoms with Crippen LogP contribution in [0.5, 0.6) is 0 Å². The molecule has 0 spiro atoms. The van der Waals surface area contributed by atoms with Gasteiger partial charge in [0, 0.05) is 26.2 Å². The molecular weight excluding hydrogens is 288 g/mol. The number of amides is 1. The van der Waals surface area contributed by atoms with Crippen molar-refractivity contribution in [3.05, 3.63) is 12.2 Å². The van der Waals surface area contributed by atoms with Gasteiger partial charge in [0.15, 0.2) is 0 Å². The van der Waals surface area contributed by atoms with Crippen molar-refractivity contribution in [2.24, 2.45) is 5.92 Å². The molecule has 2 rings (SSSR count). The Morgan fingerprint density at radius 1 is 1.45 bits per heavy atom. The molecule has 0 aromatic carbocycles.